The molecule has 0 bridgehead atoms. The first-order valence-electron chi connectivity index (χ1n) is 6.53. The smallest absolute Gasteiger partial charge is 0.0766 e. The molecule has 0 radical (unpaired) electrons. The third kappa shape index (κ3) is 4.40. The van der Waals surface area contributed by atoms with Gasteiger partial charge in [-0.3, -0.25) is 0 Å². The number of rotatable bonds is 5. The zero-order valence-electron chi connectivity index (χ0n) is 11.3. The molecule has 0 saturated carbocycles. The minimum Gasteiger partial charge on any atom is -0.389 e. The summed E-state index contributed by atoms with van der Waals surface area (Å²) in [5.74, 6) is 1.05. The van der Waals surface area contributed by atoms with Gasteiger partial charge >= 0.3 is 0 Å². The normalized spacial score (nSPS) is 27.0. The van der Waals surface area contributed by atoms with Crippen molar-refractivity contribution in [2.75, 3.05) is 33.2 Å². The molecule has 0 aromatic carbocycles. The zero-order valence-corrected chi connectivity index (χ0v) is 11.3. The van der Waals surface area contributed by atoms with Crippen molar-refractivity contribution in [2.24, 2.45) is 11.8 Å². The summed E-state index contributed by atoms with van der Waals surface area (Å²) in [5.41, 5.74) is -0.583. The van der Waals surface area contributed by atoms with Crippen LogP contribution in [-0.2, 0) is 0 Å². The fourth-order valence-corrected chi connectivity index (χ4v) is 2.17. The Kier molecular flexibility index (Phi) is 5.22. The first-order valence-corrected chi connectivity index (χ1v) is 6.53. The second kappa shape index (κ2) is 5.99. The van der Waals surface area contributed by atoms with Crippen molar-refractivity contribution in [1.29, 1.82) is 0 Å². The van der Waals surface area contributed by atoms with Crippen molar-refractivity contribution in [3.63, 3.8) is 0 Å². The molecule has 0 spiro atoms. The van der Waals surface area contributed by atoms with Crippen LogP contribution in [0.1, 0.15) is 33.6 Å². The molecule has 0 aliphatic carbocycles. The van der Waals surface area contributed by atoms with Gasteiger partial charge in [0.2, 0.25) is 0 Å². The van der Waals surface area contributed by atoms with E-state index in [4.69, 9.17) is 0 Å². The fourth-order valence-electron chi connectivity index (χ4n) is 2.17. The number of hydrogen-bond acceptors (Lipinski definition) is 3. The lowest BCUT2D eigenvalue weighted by molar-refractivity contribution is 0.0129. The van der Waals surface area contributed by atoms with Gasteiger partial charge in [-0.2, -0.15) is 0 Å². The SMILES string of the molecule is CC(C)C(C)(O)CNCC1CCCN(C)C1. The zero-order chi connectivity index (χ0) is 12.2. The van der Waals surface area contributed by atoms with Crippen LogP contribution in [0.4, 0.5) is 0 Å². The molecule has 96 valence electrons. The van der Waals surface area contributed by atoms with Crippen molar-refractivity contribution in [3.8, 4) is 0 Å². The van der Waals surface area contributed by atoms with E-state index in [2.05, 4.69) is 31.1 Å². The van der Waals surface area contributed by atoms with Crippen molar-refractivity contribution >= 4 is 0 Å². The lowest BCUT2D eigenvalue weighted by Crippen LogP contribution is -2.45. The summed E-state index contributed by atoms with van der Waals surface area (Å²) in [4.78, 5) is 2.40. The van der Waals surface area contributed by atoms with E-state index < -0.39 is 5.60 Å². The first kappa shape index (κ1) is 13.9. The molecule has 2 N–H and O–H groups in total. The molecule has 0 aromatic heterocycles. The summed E-state index contributed by atoms with van der Waals surface area (Å²) in [6, 6.07) is 0. The van der Waals surface area contributed by atoms with Gasteiger partial charge < -0.3 is 15.3 Å². The summed E-state index contributed by atoms with van der Waals surface area (Å²) < 4.78 is 0. The maximum absolute atomic E-state index is 10.1. The summed E-state index contributed by atoms with van der Waals surface area (Å²) >= 11 is 0. The van der Waals surface area contributed by atoms with Crippen LogP contribution in [0.2, 0.25) is 0 Å². The van der Waals surface area contributed by atoms with Crippen LogP contribution in [-0.4, -0.2) is 48.8 Å². The second-order valence-corrected chi connectivity index (χ2v) is 5.91. The van der Waals surface area contributed by atoms with Gasteiger partial charge in [-0.05, 0) is 51.7 Å². The van der Waals surface area contributed by atoms with Gasteiger partial charge in [0.1, 0.15) is 0 Å². The number of aliphatic hydroxyl groups is 1. The molecule has 3 heteroatoms. The van der Waals surface area contributed by atoms with Crippen LogP contribution in [0.25, 0.3) is 0 Å². The number of likely N-dealkylation sites (tertiary alicyclic amines) is 1. The Labute approximate surface area is 100 Å². The number of nitrogens with one attached hydrogen (secondary N) is 1. The van der Waals surface area contributed by atoms with Crippen LogP contribution in [0.3, 0.4) is 0 Å². The highest BCUT2D eigenvalue weighted by atomic mass is 16.3. The van der Waals surface area contributed by atoms with Gasteiger partial charge in [-0.1, -0.05) is 13.8 Å². The van der Waals surface area contributed by atoms with Gasteiger partial charge in [-0.25, -0.2) is 0 Å². The molecule has 0 amide bonds. The molecule has 3 nitrogen and oxygen atoms in total. The average molecular weight is 228 g/mol. The molecule has 2 unspecified atom stereocenters. The maximum atomic E-state index is 10.1. The molecule has 1 aliphatic heterocycles. The van der Waals surface area contributed by atoms with Crippen molar-refractivity contribution < 1.29 is 5.11 Å². The van der Waals surface area contributed by atoms with Crippen LogP contribution in [0.5, 0.6) is 0 Å². The summed E-state index contributed by atoms with van der Waals surface area (Å²) in [6.45, 7) is 10.2. The molecule has 1 rings (SSSR count). The molecular weight excluding hydrogens is 200 g/mol. The van der Waals surface area contributed by atoms with Crippen LogP contribution in [0, 0.1) is 11.8 Å². The molecule has 16 heavy (non-hydrogen) atoms. The highest BCUT2D eigenvalue weighted by molar-refractivity contribution is 4.80. The van der Waals surface area contributed by atoms with Crippen LogP contribution in [0.15, 0.2) is 0 Å². The highest BCUT2D eigenvalue weighted by Gasteiger charge is 2.25. The Hall–Kier alpha value is -0.120. The van der Waals surface area contributed by atoms with E-state index in [-0.39, 0.29) is 0 Å². The predicted molar refractivity (Wildman–Crippen MR) is 68.6 cm³/mol. The molecule has 1 fully saturated rings. The van der Waals surface area contributed by atoms with Crippen molar-refractivity contribution in [1.82, 2.24) is 10.2 Å². The summed E-state index contributed by atoms with van der Waals surface area (Å²) in [5, 5.41) is 13.5. The molecular formula is C13H28N2O. The van der Waals surface area contributed by atoms with Gasteiger partial charge in [0.25, 0.3) is 0 Å². The van der Waals surface area contributed by atoms with E-state index >= 15 is 0 Å². The highest BCUT2D eigenvalue weighted by Crippen LogP contribution is 2.16. The van der Waals surface area contributed by atoms with E-state index in [1.54, 1.807) is 0 Å². The third-order valence-electron chi connectivity index (χ3n) is 3.88. The molecule has 1 aliphatic rings. The van der Waals surface area contributed by atoms with E-state index in [1.807, 2.05) is 6.92 Å². The largest absolute Gasteiger partial charge is 0.389 e. The lowest BCUT2D eigenvalue weighted by atomic mass is 9.92. The number of piperidine rings is 1. The lowest BCUT2D eigenvalue weighted by Gasteiger charge is -2.32. The summed E-state index contributed by atoms with van der Waals surface area (Å²) in [6.07, 6.45) is 2.63. The molecule has 1 heterocycles. The Balaban J connectivity index is 2.20. The number of hydrogen-bond donors (Lipinski definition) is 2. The standard InChI is InChI=1S/C13H28N2O/c1-11(2)13(3,16)10-14-8-12-6-5-7-15(4)9-12/h11-12,14,16H,5-10H2,1-4H3. The maximum Gasteiger partial charge on any atom is 0.0766 e. The molecule has 2 atom stereocenters. The van der Waals surface area contributed by atoms with Crippen LogP contribution >= 0.6 is 0 Å². The molecule has 0 aromatic rings. The van der Waals surface area contributed by atoms with E-state index in [9.17, 15) is 5.11 Å². The average Bonchev–Trinajstić information content (AvgIpc) is 2.17. The Morgan fingerprint density at radius 1 is 1.50 bits per heavy atom. The van der Waals surface area contributed by atoms with E-state index in [0.29, 0.717) is 12.5 Å². The van der Waals surface area contributed by atoms with Crippen LogP contribution < -0.4 is 5.32 Å². The minimum atomic E-state index is -0.583. The van der Waals surface area contributed by atoms with Gasteiger partial charge in [0, 0.05) is 13.1 Å². The van der Waals surface area contributed by atoms with Crippen molar-refractivity contribution in [3.05, 3.63) is 0 Å². The minimum absolute atomic E-state index is 0.300. The van der Waals surface area contributed by atoms with Crippen molar-refractivity contribution in [2.45, 2.75) is 39.2 Å². The van der Waals surface area contributed by atoms with E-state index in [1.165, 1.54) is 25.9 Å². The first-order chi connectivity index (χ1) is 7.42. The van der Waals surface area contributed by atoms with Gasteiger partial charge in [-0.15, -0.1) is 0 Å². The topological polar surface area (TPSA) is 35.5 Å². The predicted octanol–water partition coefficient (Wildman–Crippen LogP) is 1.32. The molecule has 1 saturated heterocycles. The number of nitrogens with zero attached hydrogens (tertiary/aromatic N) is 1. The Bertz CT molecular complexity index is 204. The fraction of sp³-hybridized carbons (Fsp3) is 1.00. The van der Waals surface area contributed by atoms with Gasteiger partial charge in [0.05, 0.1) is 5.60 Å². The third-order valence-corrected chi connectivity index (χ3v) is 3.88. The van der Waals surface area contributed by atoms with E-state index in [0.717, 1.165) is 12.5 Å². The summed E-state index contributed by atoms with van der Waals surface area (Å²) in [7, 11) is 2.19. The quantitative estimate of drug-likeness (QED) is 0.745. The Morgan fingerprint density at radius 3 is 2.75 bits per heavy atom. The van der Waals surface area contributed by atoms with Gasteiger partial charge in [0.15, 0.2) is 0 Å². The second-order valence-electron chi connectivity index (χ2n) is 5.91. The monoisotopic (exact) mass is 228 g/mol. The Morgan fingerprint density at radius 2 is 2.19 bits per heavy atom.